The number of rotatable bonds is 49. The Hall–Kier alpha value is -1.16. The topological polar surface area (TPSA) is 66.4 Å². The van der Waals surface area contributed by atoms with Gasteiger partial charge in [-0.25, -0.2) is 0 Å². The Morgan fingerprint density at radius 2 is 0.667 bits per heavy atom. The highest BCUT2D eigenvalue weighted by molar-refractivity contribution is 5.78. The van der Waals surface area contributed by atoms with Gasteiger partial charge in [-0.1, -0.05) is 244 Å². The van der Waals surface area contributed by atoms with E-state index in [4.69, 9.17) is 0 Å². The van der Waals surface area contributed by atoms with Crippen LogP contribution < -0.4 is 5.32 Å². The second kappa shape index (κ2) is 49.2. The van der Waals surface area contributed by atoms with E-state index in [9.17, 15) is 14.7 Å². The molecule has 2 N–H and O–H groups in total. The van der Waals surface area contributed by atoms with E-state index in [-0.39, 0.29) is 5.91 Å². The number of hydrogen-bond acceptors (Lipinski definition) is 3. The molecule has 4 nitrogen and oxygen atoms in total. The van der Waals surface area contributed by atoms with Gasteiger partial charge in [0.2, 0.25) is 5.91 Å². The number of Topliss-reactive ketones (excluding diaryl/α,β-unsaturated/α-hetero) is 1. The van der Waals surface area contributed by atoms with Gasteiger partial charge in [0, 0.05) is 25.8 Å². The number of unbranched alkanes of at least 4 members (excludes halogenated alkanes) is 37. The molecule has 0 bridgehead atoms. The van der Waals surface area contributed by atoms with E-state index in [1.54, 1.807) is 0 Å². The number of allylic oxidation sites excluding steroid dienone is 2. The van der Waals surface area contributed by atoms with Gasteiger partial charge >= 0.3 is 0 Å². The lowest BCUT2D eigenvalue weighted by Crippen LogP contribution is -2.31. The van der Waals surface area contributed by atoms with Crippen molar-refractivity contribution in [1.29, 1.82) is 0 Å². The quantitative estimate of drug-likeness (QED) is 0.0476. The molecule has 0 aromatic carbocycles. The minimum atomic E-state index is -0.401. The molecule has 0 aromatic heterocycles. The van der Waals surface area contributed by atoms with Crippen LogP contribution in [0.5, 0.6) is 0 Å². The van der Waals surface area contributed by atoms with Crippen molar-refractivity contribution in [2.24, 2.45) is 0 Å². The third kappa shape index (κ3) is 49.1. The van der Waals surface area contributed by atoms with Gasteiger partial charge in [0.15, 0.2) is 0 Å². The smallest absolute Gasteiger partial charge is 0.220 e. The van der Waals surface area contributed by atoms with E-state index in [1.165, 1.54) is 231 Å². The second-order valence-corrected chi connectivity index (χ2v) is 18.2. The Morgan fingerprint density at radius 3 is 1.02 bits per heavy atom. The van der Waals surface area contributed by atoms with Crippen molar-refractivity contribution in [3.8, 4) is 0 Å². The van der Waals surface area contributed by atoms with Crippen LogP contribution in [0.2, 0.25) is 0 Å². The first-order valence-electron chi connectivity index (χ1n) is 26.2. The van der Waals surface area contributed by atoms with Crippen molar-refractivity contribution in [3.05, 3.63) is 12.2 Å². The maximum Gasteiger partial charge on any atom is 0.220 e. The predicted molar refractivity (Wildman–Crippen MR) is 252 cm³/mol. The molecule has 57 heavy (non-hydrogen) atoms. The monoisotopic (exact) mass is 802 g/mol. The standard InChI is InChI=1S/C53H103NO3/c1-3-5-7-9-11-13-15-17-19-21-23-28-32-36-40-44-48-52(56)50-54-53(57)49-45-41-37-33-29-25-24-27-31-35-39-43-47-51(55)46-42-38-34-30-26-22-20-18-16-14-12-10-8-6-4-2/h18,20,52,56H,3-17,19,21-50H2,1-2H3,(H,54,57). The second-order valence-electron chi connectivity index (χ2n) is 18.2. The zero-order valence-electron chi connectivity index (χ0n) is 39.0. The summed E-state index contributed by atoms with van der Waals surface area (Å²) >= 11 is 0. The summed E-state index contributed by atoms with van der Waals surface area (Å²) in [7, 11) is 0. The Bertz CT molecular complexity index is 825. The van der Waals surface area contributed by atoms with E-state index in [1.807, 2.05) is 0 Å². The van der Waals surface area contributed by atoms with Crippen molar-refractivity contribution in [1.82, 2.24) is 5.32 Å². The maximum absolute atomic E-state index is 12.2. The summed E-state index contributed by atoms with van der Waals surface area (Å²) in [6.45, 7) is 4.98. The van der Waals surface area contributed by atoms with E-state index in [2.05, 4.69) is 31.3 Å². The highest BCUT2D eigenvalue weighted by Gasteiger charge is 2.07. The van der Waals surface area contributed by atoms with Gasteiger partial charge in [-0.05, 0) is 51.4 Å². The largest absolute Gasteiger partial charge is 0.391 e. The van der Waals surface area contributed by atoms with Crippen LogP contribution in [0.4, 0.5) is 0 Å². The first-order valence-corrected chi connectivity index (χ1v) is 26.2. The van der Waals surface area contributed by atoms with E-state index >= 15 is 0 Å². The number of carbonyl (C=O) groups excluding carboxylic acids is 2. The molecule has 0 aliphatic carbocycles. The van der Waals surface area contributed by atoms with Crippen LogP contribution in [0.25, 0.3) is 0 Å². The van der Waals surface area contributed by atoms with E-state index in [0.717, 1.165) is 51.4 Å². The molecule has 0 aromatic rings. The van der Waals surface area contributed by atoms with Gasteiger partial charge in [0.25, 0.3) is 0 Å². The average molecular weight is 802 g/mol. The number of hydrogen-bond donors (Lipinski definition) is 2. The van der Waals surface area contributed by atoms with Crippen molar-refractivity contribution in [3.63, 3.8) is 0 Å². The summed E-state index contributed by atoms with van der Waals surface area (Å²) in [4.78, 5) is 24.4. The average Bonchev–Trinajstić information content (AvgIpc) is 3.21. The van der Waals surface area contributed by atoms with Crippen LogP contribution in [-0.4, -0.2) is 29.4 Å². The highest BCUT2D eigenvalue weighted by atomic mass is 16.3. The molecule has 1 unspecified atom stereocenters. The Kier molecular flexibility index (Phi) is 48.2. The molecular weight excluding hydrogens is 699 g/mol. The first kappa shape index (κ1) is 55.8. The lowest BCUT2D eigenvalue weighted by Gasteiger charge is -2.12. The van der Waals surface area contributed by atoms with Crippen LogP contribution in [-0.2, 0) is 9.59 Å². The van der Waals surface area contributed by atoms with Crippen LogP contribution in [0.1, 0.15) is 303 Å². The molecule has 1 atom stereocenters. The summed E-state index contributed by atoms with van der Waals surface area (Å²) in [5.41, 5.74) is 0. The van der Waals surface area contributed by atoms with E-state index in [0.29, 0.717) is 18.7 Å². The minimum absolute atomic E-state index is 0.101. The zero-order chi connectivity index (χ0) is 41.4. The number of nitrogens with one attached hydrogen (secondary N) is 1. The van der Waals surface area contributed by atoms with Crippen LogP contribution >= 0.6 is 0 Å². The van der Waals surface area contributed by atoms with Gasteiger partial charge in [-0.2, -0.15) is 0 Å². The van der Waals surface area contributed by atoms with E-state index < -0.39 is 6.10 Å². The number of amides is 1. The third-order valence-electron chi connectivity index (χ3n) is 12.3. The molecule has 0 aliphatic rings. The SMILES string of the molecule is CCCCCCCCC=CCCCCCCCC(=O)CCCCCCCCCCCCCCC(=O)NCC(O)CCCCCCCCCCCCCCCCCC. The lowest BCUT2D eigenvalue weighted by atomic mass is 10.0. The molecule has 0 heterocycles. The molecule has 0 rings (SSSR count). The molecule has 0 saturated heterocycles. The maximum atomic E-state index is 12.2. The summed E-state index contributed by atoms with van der Waals surface area (Å²) < 4.78 is 0. The predicted octanol–water partition coefficient (Wildman–Crippen LogP) is 17.2. The fourth-order valence-corrected chi connectivity index (χ4v) is 8.24. The van der Waals surface area contributed by atoms with Crippen LogP contribution in [0.15, 0.2) is 12.2 Å². The normalized spacial score (nSPS) is 12.2. The van der Waals surface area contributed by atoms with Gasteiger partial charge < -0.3 is 10.4 Å². The van der Waals surface area contributed by atoms with Gasteiger partial charge in [0.05, 0.1) is 6.10 Å². The molecule has 0 saturated carbocycles. The fourth-order valence-electron chi connectivity index (χ4n) is 8.24. The van der Waals surface area contributed by atoms with Crippen molar-refractivity contribution >= 4 is 11.7 Å². The summed E-state index contributed by atoms with van der Waals surface area (Å²) in [5, 5.41) is 13.2. The van der Waals surface area contributed by atoms with Gasteiger partial charge in [0.1, 0.15) is 5.78 Å². The summed E-state index contributed by atoms with van der Waals surface area (Å²) in [5.74, 6) is 0.590. The molecule has 1 amide bonds. The Labute approximate surface area is 358 Å². The molecule has 338 valence electrons. The molecule has 0 fully saturated rings. The van der Waals surface area contributed by atoms with Crippen molar-refractivity contribution in [2.75, 3.05) is 6.54 Å². The van der Waals surface area contributed by atoms with Crippen molar-refractivity contribution in [2.45, 2.75) is 309 Å². The summed E-state index contributed by atoms with van der Waals surface area (Å²) in [6.07, 6.45) is 60.9. The Balaban J connectivity index is 3.31. The number of aliphatic hydroxyl groups is 1. The zero-order valence-corrected chi connectivity index (χ0v) is 39.0. The lowest BCUT2D eigenvalue weighted by molar-refractivity contribution is -0.121. The highest BCUT2D eigenvalue weighted by Crippen LogP contribution is 2.17. The third-order valence-corrected chi connectivity index (χ3v) is 12.3. The Morgan fingerprint density at radius 1 is 0.386 bits per heavy atom. The number of ketones is 1. The van der Waals surface area contributed by atoms with Crippen LogP contribution in [0.3, 0.4) is 0 Å². The van der Waals surface area contributed by atoms with Gasteiger partial charge in [-0.3, -0.25) is 9.59 Å². The minimum Gasteiger partial charge on any atom is -0.391 e. The molecule has 4 heteroatoms. The van der Waals surface area contributed by atoms with Crippen molar-refractivity contribution < 1.29 is 14.7 Å². The fraction of sp³-hybridized carbons (Fsp3) is 0.925. The molecular formula is C53H103NO3. The first-order chi connectivity index (χ1) is 28.1. The number of carbonyl (C=O) groups is 2. The van der Waals surface area contributed by atoms with Gasteiger partial charge in [-0.15, -0.1) is 0 Å². The molecule has 0 spiro atoms. The molecule has 0 radical (unpaired) electrons. The summed E-state index contributed by atoms with van der Waals surface area (Å²) in [6, 6.07) is 0. The number of aliphatic hydroxyl groups excluding tert-OH is 1. The van der Waals surface area contributed by atoms with Crippen LogP contribution in [0, 0.1) is 0 Å². The molecule has 0 aliphatic heterocycles.